The van der Waals surface area contributed by atoms with Gasteiger partial charge in [0.05, 0.1) is 16.3 Å². The maximum absolute atomic E-state index is 13.0. The molecular weight excluding hydrogens is 271 g/mol. The molecule has 0 unspecified atom stereocenters. The Kier molecular flexibility index (Phi) is 3.57. The fraction of sp³-hybridized carbons (Fsp3) is 0. The molecule has 19 heavy (non-hydrogen) atoms. The zero-order chi connectivity index (χ0) is 14.0. The van der Waals surface area contributed by atoms with Crippen molar-refractivity contribution in [1.82, 2.24) is 0 Å². The Morgan fingerprint density at radius 2 is 2.00 bits per heavy atom. The number of carboxylic acids is 1. The lowest BCUT2D eigenvalue weighted by Crippen LogP contribution is -2.04. The summed E-state index contributed by atoms with van der Waals surface area (Å²) < 4.78 is 13.0. The molecule has 0 heterocycles. The first-order valence-corrected chi connectivity index (χ1v) is 5.70. The van der Waals surface area contributed by atoms with E-state index in [4.69, 9.17) is 22.4 Å². The Morgan fingerprint density at radius 1 is 1.26 bits per heavy atom. The van der Waals surface area contributed by atoms with E-state index in [-0.39, 0.29) is 10.6 Å². The highest BCUT2D eigenvalue weighted by molar-refractivity contribution is 6.31. The fourth-order valence-electron chi connectivity index (χ4n) is 1.58. The van der Waals surface area contributed by atoms with E-state index in [1.165, 1.54) is 30.3 Å². The molecule has 4 N–H and O–H groups in total. The standard InChI is InChI=1S/C13H10ClFN2O2/c14-10-6-8(2-3-11(10)15)17-12-4-1-7(16)5-9(12)13(18)19/h1-6,17H,16H2,(H,18,19). The van der Waals surface area contributed by atoms with Crippen LogP contribution in [0.25, 0.3) is 0 Å². The summed E-state index contributed by atoms with van der Waals surface area (Å²) in [5.41, 5.74) is 6.75. The zero-order valence-electron chi connectivity index (χ0n) is 9.65. The number of rotatable bonds is 3. The molecule has 0 spiro atoms. The van der Waals surface area contributed by atoms with Crippen LogP contribution in [0, 0.1) is 5.82 Å². The second kappa shape index (κ2) is 5.16. The molecule has 0 amide bonds. The number of nitrogens with two attached hydrogens (primary N) is 1. The number of aromatic carboxylic acids is 1. The van der Waals surface area contributed by atoms with E-state index in [1.54, 1.807) is 6.07 Å². The van der Waals surface area contributed by atoms with E-state index in [1.807, 2.05) is 0 Å². The van der Waals surface area contributed by atoms with Crippen LogP contribution in [0.4, 0.5) is 21.5 Å². The third kappa shape index (κ3) is 2.95. The van der Waals surface area contributed by atoms with Gasteiger partial charge in [-0.1, -0.05) is 11.6 Å². The first kappa shape index (κ1) is 13.2. The summed E-state index contributed by atoms with van der Waals surface area (Å²) in [6.45, 7) is 0. The van der Waals surface area contributed by atoms with E-state index < -0.39 is 11.8 Å². The van der Waals surface area contributed by atoms with Crippen LogP contribution in [0.1, 0.15) is 10.4 Å². The number of benzene rings is 2. The van der Waals surface area contributed by atoms with Crippen LogP contribution in [-0.4, -0.2) is 11.1 Å². The van der Waals surface area contributed by atoms with Crippen molar-refractivity contribution in [2.24, 2.45) is 0 Å². The van der Waals surface area contributed by atoms with Crippen LogP contribution in [0.5, 0.6) is 0 Å². The summed E-state index contributed by atoms with van der Waals surface area (Å²) in [6, 6.07) is 8.48. The van der Waals surface area contributed by atoms with Crippen molar-refractivity contribution in [3.63, 3.8) is 0 Å². The SMILES string of the molecule is Nc1ccc(Nc2ccc(F)c(Cl)c2)c(C(=O)O)c1. The summed E-state index contributed by atoms with van der Waals surface area (Å²) in [6.07, 6.45) is 0. The second-order valence-electron chi connectivity index (χ2n) is 3.86. The van der Waals surface area contributed by atoms with Gasteiger partial charge in [0.2, 0.25) is 0 Å². The van der Waals surface area contributed by atoms with Gasteiger partial charge in [-0.05, 0) is 36.4 Å². The molecule has 0 atom stereocenters. The molecule has 2 aromatic rings. The summed E-state index contributed by atoms with van der Waals surface area (Å²) in [7, 11) is 0. The van der Waals surface area contributed by atoms with Crippen molar-refractivity contribution in [3.05, 3.63) is 52.8 Å². The highest BCUT2D eigenvalue weighted by Gasteiger charge is 2.11. The Bertz CT molecular complexity index is 647. The summed E-state index contributed by atoms with van der Waals surface area (Å²) in [5.74, 6) is -1.65. The quantitative estimate of drug-likeness (QED) is 0.752. The van der Waals surface area contributed by atoms with Crippen molar-refractivity contribution in [1.29, 1.82) is 0 Å². The lowest BCUT2D eigenvalue weighted by Gasteiger charge is -2.10. The summed E-state index contributed by atoms with van der Waals surface area (Å²) in [5, 5.41) is 11.9. The first-order chi connectivity index (χ1) is 8.97. The van der Waals surface area contributed by atoms with Crippen LogP contribution < -0.4 is 11.1 Å². The van der Waals surface area contributed by atoms with Gasteiger partial charge in [-0.3, -0.25) is 0 Å². The van der Waals surface area contributed by atoms with Crippen molar-refractivity contribution in [3.8, 4) is 0 Å². The second-order valence-corrected chi connectivity index (χ2v) is 4.27. The van der Waals surface area contributed by atoms with Gasteiger partial charge in [-0.2, -0.15) is 0 Å². The Labute approximate surface area is 113 Å². The molecular formula is C13H10ClFN2O2. The molecule has 0 aromatic heterocycles. The average molecular weight is 281 g/mol. The van der Waals surface area contributed by atoms with Crippen molar-refractivity contribution in [2.45, 2.75) is 0 Å². The Balaban J connectivity index is 2.37. The molecule has 98 valence electrons. The number of anilines is 3. The van der Waals surface area contributed by atoms with Crippen LogP contribution >= 0.6 is 11.6 Å². The minimum Gasteiger partial charge on any atom is -0.478 e. The normalized spacial score (nSPS) is 10.2. The molecule has 0 aliphatic carbocycles. The number of carboxylic acid groups (broad SMARTS) is 1. The highest BCUT2D eigenvalue weighted by Crippen LogP contribution is 2.26. The van der Waals surface area contributed by atoms with Gasteiger partial charge in [0.1, 0.15) is 5.82 Å². The van der Waals surface area contributed by atoms with E-state index >= 15 is 0 Å². The molecule has 0 saturated heterocycles. The summed E-state index contributed by atoms with van der Waals surface area (Å²) >= 11 is 5.66. The Hall–Kier alpha value is -2.27. The molecule has 2 aromatic carbocycles. The zero-order valence-corrected chi connectivity index (χ0v) is 10.4. The number of carbonyl (C=O) groups is 1. The van der Waals surface area contributed by atoms with Crippen molar-refractivity contribution < 1.29 is 14.3 Å². The van der Waals surface area contributed by atoms with Gasteiger partial charge in [0.15, 0.2) is 0 Å². The lowest BCUT2D eigenvalue weighted by atomic mass is 10.1. The molecule has 6 heteroatoms. The number of nitrogens with one attached hydrogen (secondary N) is 1. The highest BCUT2D eigenvalue weighted by atomic mass is 35.5. The number of halogens is 2. The molecule has 4 nitrogen and oxygen atoms in total. The smallest absolute Gasteiger partial charge is 0.337 e. The predicted molar refractivity (Wildman–Crippen MR) is 72.5 cm³/mol. The molecule has 2 rings (SSSR count). The Morgan fingerprint density at radius 3 is 2.63 bits per heavy atom. The van der Waals surface area contributed by atoms with E-state index in [0.29, 0.717) is 17.1 Å². The molecule has 0 aliphatic heterocycles. The van der Waals surface area contributed by atoms with E-state index in [9.17, 15) is 9.18 Å². The van der Waals surface area contributed by atoms with E-state index in [0.717, 1.165) is 0 Å². The van der Waals surface area contributed by atoms with Gasteiger partial charge in [0, 0.05) is 11.4 Å². The van der Waals surface area contributed by atoms with E-state index in [2.05, 4.69) is 5.32 Å². The maximum Gasteiger partial charge on any atom is 0.337 e. The number of nitrogen functional groups attached to an aromatic ring is 1. The minimum atomic E-state index is -1.11. The maximum atomic E-state index is 13.0. The van der Waals surface area contributed by atoms with Crippen LogP contribution in [0.15, 0.2) is 36.4 Å². The van der Waals surface area contributed by atoms with Gasteiger partial charge in [-0.15, -0.1) is 0 Å². The molecule has 0 aliphatic rings. The third-order valence-corrected chi connectivity index (χ3v) is 2.76. The van der Waals surface area contributed by atoms with Crippen molar-refractivity contribution >= 4 is 34.6 Å². The molecule has 0 saturated carbocycles. The largest absolute Gasteiger partial charge is 0.478 e. The van der Waals surface area contributed by atoms with Gasteiger partial charge < -0.3 is 16.2 Å². The van der Waals surface area contributed by atoms with Gasteiger partial charge in [-0.25, -0.2) is 9.18 Å². The predicted octanol–water partition coefficient (Wildman–Crippen LogP) is 3.50. The number of hydrogen-bond donors (Lipinski definition) is 3. The van der Waals surface area contributed by atoms with Crippen LogP contribution in [-0.2, 0) is 0 Å². The molecule has 0 bridgehead atoms. The third-order valence-electron chi connectivity index (χ3n) is 2.47. The fourth-order valence-corrected chi connectivity index (χ4v) is 1.76. The van der Waals surface area contributed by atoms with Gasteiger partial charge >= 0.3 is 5.97 Å². The lowest BCUT2D eigenvalue weighted by molar-refractivity contribution is 0.0698. The van der Waals surface area contributed by atoms with Crippen LogP contribution in [0.2, 0.25) is 5.02 Å². The monoisotopic (exact) mass is 280 g/mol. The molecule has 0 fully saturated rings. The molecule has 0 radical (unpaired) electrons. The van der Waals surface area contributed by atoms with Crippen LogP contribution in [0.3, 0.4) is 0 Å². The minimum absolute atomic E-state index is 0.0282. The summed E-state index contributed by atoms with van der Waals surface area (Å²) in [4.78, 5) is 11.1. The number of hydrogen-bond acceptors (Lipinski definition) is 3. The van der Waals surface area contributed by atoms with Gasteiger partial charge in [0.25, 0.3) is 0 Å². The first-order valence-electron chi connectivity index (χ1n) is 5.32. The topological polar surface area (TPSA) is 75.3 Å². The van der Waals surface area contributed by atoms with Crippen molar-refractivity contribution in [2.75, 3.05) is 11.1 Å². The average Bonchev–Trinajstić information content (AvgIpc) is 2.36.